The number of amides is 2. The van der Waals surface area contributed by atoms with Gasteiger partial charge in [-0.1, -0.05) is 28.1 Å². The number of carbonyl (C=O) groups is 3. The van der Waals surface area contributed by atoms with E-state index in [1.165, 1.54) is 18.2 Å². The first-order chi connectivity index (χ1) is 11.8. The van der Waals surface area contributed by atoms with Crippen LogP contribution in [-0.2, 0) is 9.59 Å². The molecule has 2 aromatic rings. The fraction of sp³-hybridized carbons (Fsp3) is 0.0625. The molecule has 0 saturated heterocycles. The number of hydrogen-bond donors (Lipinski definition) is 3. The Morgan fingerprint density at radius 3 is 2.32 bits per heavy atom. The SMILES string of the molecule is O=C(O)CNC(=O)/C(=C/c1ccc(Br)cc1)NC(=O)c1ccc(Br)o1. The first-order valence-corrected chi connectivity index (χ1v) is 8.47. The minimum Gasteiger partial charge on any atom is -0.480 e. The first-order valence-electron chi connectivity index (χ1n) is 6.89. The van der Waals surface area contributed by atoms with Crippen molar-refractivity contribution < 1.29 is 23.9 Å². The number of halogens is 2. The molecule has 0 fully saturated rings. The Balaban J connectivity index is 2.24. The molecule has 0 atom stereocenters. The average molecular weight is 472 g/mol. The molecule has 0 saturated carbocycles. The molecule has 0 spiro atoms. The average Bonchev–Trinajstić information content (AvgIpc) is 3.00. The second-order valence-corrected chi connectivity index (χ2v) is 6.44. The van der Waals surface area contributed by atoms with Gasteiger partial charge in [-0.3, -0.25) is 14.4 Å². The highest BCUT2D eigenvalue weighted by Gasteiger charge is 2.17. The summed E-state index contributed by atoms with van der Waals surface area (Å²) in [5.74, 6) is -2.57. The van der Waals surface area contributed by atoms with Crippen LogP contribution in [0.3, 0.4) is 0 Å². The van der Waals surface area contributed by atoms with E-state index in [-0.39, 0.29) is 11.5 Å². The molecule has 2 amide bonds. The van der Waals surface area contributed by atoms with Crippen molar-refractivity contribution in [3.05, 3.63) is 62.6 Å². The molecule has 0 bridgehead atoms. The second kappa shape index (κ2) is 8.63. The number of nitrogens with one attached hydrogen (secondary N) is 2. The van der Waals surface area contributed by atoms with Crippen molar-refractivity contribution in [2.45, 2.75) is 0 Å². The zero-order valence-corrected chi connectivity index (χ0v) is 15.8. The van der Waals surface area contributed by atoms with Crippen LogP contribution in [0.5, 0.6) is 0 Å². The van der Waals surface area contributed by atoms with Crippen molar-refractivity contribution in [1.82, 2.24) is 10.6 Å². The van der Waals surface area contributed by atoms with Crippen LogP contribution in [-0.4, -0.2) is 29.4 Å². The lowest BCUT2D eigenvalue weighted by Gasteiger charge is -2.09. The van der Waals surface area contributed by atoms with Gasteiger partial charge in [-0.05, 0) is 51.8 Å². The normalized spacial score (nSPS) is 11.0. The van der Waals surface area contributed by atoms with Crippen LogP contribution in [0.4, 0.5) is 0 Å². The molecule has 25 heavy (non-hydrogen) atoms. The van der Waals surface area contributed by atoms with Crippen LogP contribution in [0.15, 0.2) is 55.7 Å². The third-order valence-corrected chi connectivity index (χ3v) is 3.83. The van der Waals surface area contributed by atoms with E-state index in [1.54, 1.807) is 24.3 Å². The maximum Gasteiger partial charge on any atom is 0.322 e. The summed E-state index contributed by atoms with van der Waals surface area (Å²) in [5, 5.41) is 13.3. The Hall–Kier alpha value is -2.39. The smallest absolute Gasteiger partial charge is 0.322 e. The van der Waals surface area contributed by atoms with Gasteiger partial charge in [0, 0.05) is 4.47 Å². The van der Waals surface area contributed by atoms with Crippen molar-refractivity contribution in [2.24, 2.45) is 0 Å². The second-order valence-electron chi connectivity index (χ2n) is 4.74. The van der Waals surface area contributed by atoms with Crippen molar-refractivity contribution in [2.75, 3.05) is 6.54 Å². The summed E-state index contributed by atoms with van der Waals surface area (Å²) in [6, 6.07) is 9.96. The van der Waals surface area contributed by atoms with E-state index in [2.05, 4.69) is 42.5 Å². The molecule has 1 aromatic heterocycles. The van der Waals surface area contributed by atoms with Gasteiger partial charge in [0.1, 0.15) is 12.2 Å². The summed E-state index contributed by atoms with van der Waals surface area (Å²) >= 11 is 6.39. The van der Waals surface area contributed by atoms with Crippen LogP contribution in [0, 0.1) is 0 Å². The summed E-state index contributed by atoms with van der Waals surface area (Å²) in [6.07, 6.45) is 1.43. The molecule has 7 nitrogen and oxygen atoms in total. The monoisotopic (exact) mass is 470 g/mol. The lowest BCUT2D eigenvalue weighted by Crippen LogP contribution is -2.37. The van der Waals surface area contributed by atoms with Gasteiger partial charge in [0.05, 0.1) is 0 Å². The molecule has 0 aliphatic rings. The van der Waals surface area contributed by atoms with Gasteiger partial charge in [0.15, 0.2) is 10.4 Å². The topological polar surface area (TPSA) is 109 Å². The number of furan rings is 1. The molecule has 130 valence electrons. The molecule has 0 unspecified atom stereocenters. The molecular formula is C16H12Br2N2O5. The molecule has 0 radical (unpaired) electrons. The lowest BCUT2D eigenvalue weighted by molar-refractivity contribution is -0.137. The van der Waals surface area contributed by atoms with Crippen LogP contribution in [0.2, 0.25) is 0 Å². The minimum atomic E-state index is -1.20. The molecule has 0 aliphatic carbocycles. The van der Waals surface area contributed by atoms with Crippen molar-refractivity contribution in [3.8, 4) is 0 Å². The zero-order chi connectivity index (χ0) is 18.4. The predicted molar refractivity (Wildman–Crippen MR) is 96.6 cm³/mol. The number of carboxylic acid groups (broad SMARTS) is 1. The summed E-state index contributed by atoms with van der Waals surface area (Å²) in [6.45, 7) is -0.571. The summed E-state index contributed by atoms with van der Waals surface area (Å²) in [7, 11) is 0. The molecule has 3 N–H and O–H groups in total. The third kappa shape index (κ3) is 5.87. The molecule has 1 aromatic carbocycles. The third-order valence-electron chi connectivity index (χ3n) is 2.87. The summed E-state index contributed by atoms with van der Waals surface area (Å²) < 4.78 is 6.36. The number of rotatable bonds is 6. The summed E-state index contributed by atoms with van der Waals surface area (Å²) in [4.78, 5) is 35.0. The van der Waals surface area contributed by atoms with Gasteiger partial charge in [-0.25, -0.2) is 0 Å². The number of aliphatic carboxylic acids is 1. The van der Waals surface area contributed by atoms with E-state index in [4.69, 9.17) is 9.52 Å². The molecule has 0 aliphatic heterocycles. The van der Waals surface area contributed by atoms with Crippen LogP contribution in [0.1, 0.15) is 16.1 Å². The van der Waals surface area contributed by atoms with Gasteiger partial charge < -0.3 is 20.2 Å². The minimum absolute atomic E-state index is 0.000356. The highest BCUT2D eigenvalue weighted by molar-refractivity contribution is 9.10. The number of benzene rings is 1. The molecular weight excluding hydrogens is 460 g/mol. The Morgan fingerprint density at radius 1 is 1.08 bits per heavy atom. The Bertz CT molecular complexity index is 827. The van der Waals surface area contributed by atoms with E-state index in [9.17, 15) is 14.4 Å². The van der Waals surface area contributed by atoms with Gasteiger partial charge in [0.25, 0.3) is 11.8 Å². The van der Waals surface area contributed by atoms with Crippen molar-refractivity contribution >= 4 is 55.7 Å². The Labute approximate surface area is 159 Å². The summed E-state index contributed by atoms with van der Waals surface area (Å²) in [5.41, 5.74) is 0.533. The van der Waals surface area contributed by atoms with Crippen molar-refractivity contribution in [3.63, 3.8) is 0 Å². The fourth-order valence-electron chi connectivity index (χ4n) is 1.76. The number of carboxylic acids is 1. The highest BCUT2D eigenvalue weighted by atomic mass is 79.9. The fourth-order valence-corrected chi connectivity index (χ4v) is 2.33. The van der Waals surface area contributed by atoms with Gasteiger partial charge in [-0.2, -0.15) is 0 Å². The Kier molecular flexibility index (Phi) is 6.54. The van der Waals surface area contributed by atoms with Crippen LogP contribution in [0.25, 0.3) is 6.08 Å². The predicted octanol–water partition coefficient (Wildman–Crippen LogP) is 2.78. The lowest BCUT2D eigenvalue weighted by atomic mass is 10.2. The van der Waals surface area contributed by atoms with Gasteiger partial charge in [0.2, 0.25) is 0 Å². The van der Waals surface area contributed by atoms with Gasteiger partial charge >= 0.3 is 5.97 Å². The van der Waals surface area contributed by atoms with E-state index in [1.807, 2.05) is 0 Å². The van der Waals surface area contributed by atoms with Gasteiger partial charge in [-0.15, -0.1) is 0 Å². The van der Waals surface area contributed by atoms with E-state index in [0.717, 1.165) is 4.47 Å². The van der Waals surface area contributed by atoms with Crippen LogP contribution >= 0.6 is 31.9 Å². The quantitative estimate of drug-likeness (QED) is 0.561. The molecule has 2 rings (SSSR count). The maximum atomic E-state index is 12.2. The number of carbonyl (C=O) groups excluding carboxylic acids is 2. The standard InChI is InChI=1S/C16H12Br2N2O5/c17-10-3-1-9(2-4-10)7-11(15(23)19-8-14(21)22)20-16(24)12-5-6-13(18)25-12/h1-7H,8H2,(H,19,23)(H,20,24)(H,21,22)/b11-7-. The molecule has 9 heteroatoms. The van der Waals surface area contributed by atoms with E-state index in [0.29, 0.717) is 10.2 Å². The maximum absolute atomic E-state index is 12.2. The largest absolute Gasteiger partial charge is 0.480 e. The van der Waals surface area contributed by atoms with Crippen molar-refractivity contribution in [1.29, 1.82) is 0 Å². The first kappa shape index (κ1) is 18.9. The number of hydrogen-bond acceptors (Lipinski definition) is 4. The Morgan fingerprint density at radius 2 is 1.76 bits per heavy atom. The van der Waals surface area contributed by atoms with E-state index >= 15 is 0 Å². The van der Waals surface area contributed by atoms with Crippen LogP contribution < -0.4 is 10.6 Å². The highest BCUT2D eigenvalue weighted by Crippen LogP contribution is 2.15. The zero-order valence-electron chi connectivity index (χ0n) is 12.6. The van der Waals surface area contributed by atoms with E-state index < -0.39 is 24.3 Å². The molecule has 1 heterocycles.